The molecule has 0 bridgehead atoms. The number of carbonyl (C=O) groups is 1. The quantitative estimate of drug-likeness (QED) is 0.480. The molecule has 0 spiro atoms. The van der Waals surface area contributed by atoms with Crippen LogP contribution in [0.5, 0.6) is 0 Å². The summed E-state index contributed by atoms with van der Waals surface area (Å²) in [6.45, 7) is 3.83. The van der Waals surface area contributed by atoms with E-state index in [4.69, 9.17) is 4.42 Å². The number of nitro groups is 1. The Hall–Kier alpha value is -2.18. The lowest BCUT2D eigenvalue weighted by Gasteiger charge is -2.01. The Bertz CT molecular complexity index is 437. The molecule has 1 aromatic heterocycles. The molecule has 92 valence electrons. The highest BCUT2D eigenvalue weighted by molar-refractivity contribution is 5.80. The maximum atomic E-state index is 11.2. The van der Waals surface area contributed by atoms with Gasteiger partial charge in [-0.15, -0.1) is 0 Å². The Morgan fingerprint density at radius 3 is 2.88 bits per heavy atom. The second kappa shape index (κ2) is 5.78. The van der Waals surface area contributed by atoms with Crippen molar-refractivity contribution in [3.05, 3.63) is 28.0 Å². The van der Waals surface area contributed by atoms with E-state index in [1.54, 1.807) is 0 Å². The summed E-state index contributed by atoms with van der Waals surface area (Å²) in [4.78, 5) is 20.9. The highest BCUT2D eigenvalue weighted by Gasteiger charge is 2.10. The molecule has 0 atom stereocenters. The SMILES string of the molecule is CC(C)CC(=O)NN=Cc1ccc([N+](=O)[O-])o1. The zero-order valence-corrected chi connectivity index (χ0v) is 9.54. The largest absolute Gasteiger partial charge is 0.433 e. The van der Waals surface area contributed by atoms with Crippen LogP contribution in [0.25, 0.3) is 0 Å². The Balaban J connectivity index is 2.48. The van der Waals surface area contributed by atoms with E-state index >= 15 is 0 Å². The Morgan fingerprint density at radius 2 is 2.35 bits per heavy atom. The molecule has 7 nitrogen and oxygen atoms in total. The van der Waals surface area contributed by atoms with Crippen molar-refractivity contribution in [1.29, 1.82) is 0 Å². The van der Waals surface area contributed by atoms with Crippen LogP contribution in [0.4, 0.5) is 5.88 Å². The predicted octanol–water partition coefficient (Wildman–Crippen LogP) is 1.68. The molecule has 17 heavy (non-hydrogen) atoms. The fourth-order valence-corrected chi connectivity index (χ4v) is 1.09. The summed E-state index contributed by atoms with van der Waals surface area (Å²) in [6, 6.07) is 2.62. The van der Waals surface area contributed by atoms with Gasteiger partial charge in [-0.3, -0.25) is 14.9 Å². The highest BCUT2D eigenvalue weighted by Crippen LogP contribution is 2.13. The van der Waals surface area contributed by atoms with Gasteiger partial charge in [-0.05, 0) is 12.0 Å². The van der Waals surface area contributed by atoms with Gasteiger partial charge in [0, 0.05) is 6.42 Å². The van der Waals surface area contributed by atoms with E-state index < -0.39 is 4.92 Å². The Labute approximate surface area is 97.6 Å². The third-order valence-corrected chi connectivity index (χ3v) is 1.77. The second-order valence-corrected chi connectivity index (χ2v) is 3.82. The van der Waals surface area contributed by atoms with Crippen LogP contribution in [0.2, 0.25) is 0 Å². The average molecular weight is 239 g/mol. The summed E-state index contributed by atoms with van der Waals surface area (Å²) < 4.78 is 4.81. The van der Waals surface area contributed by atoms with Crippen LogP contribution in [0, 0.1) is 16.0 Å². The molecule has 1 N–H and O–H groups in total. The number of carbonyl (C=O) groups excluding carboxylic acids is 1. The molecule has 0 aliphatic rings. The number of amides is 1. The van der Waals surface area contributed by atoms with Crippen molar-refractivity contribution in [2.24, 2.45) is 11.0 Å². The fourth-order valence-electron chi connectivity index (χ4n) is 1.09. The number of hydrogen-bond acceptors (Lipinski definition) is 5. The third kappa shape index (κ3) is 4.45. The number of hydrazone groups is 1. The number of hydrogen-bond donors (Lipinski definition) is 1. The first-order valence-corrected chi connectivity index (χ1v) is 5.05. The summed E-state index contributed by atoms with van der Waals surface area (Å²) in [6.07, 6.45) is 1.58. The smallest absolute Gasteiger partial charge is 0.400 e. The van der Waals surface area contributed by atoms with Gasteiger partial charge in [0.05, 0.1) is 12.3 Å². The molecule has 0 aliphatic carbocycles. The van der Waals surface area contributed by atoms with Crippen LogP contribution < -0.4 is 5.43 Å². The van der Waals surface area contributed by atoms with Crippen molar-refractivity contribution in [2.75, 3.05) is 0 Å². The third-order valence-electron chi connectivity index (χ3n) is 1.77. The molecular weight excluding hydrogens is 226 g/mol. The van der Waals surface area contributed by atoms with Crippen molar-refractivity contribution >= 4 is 18.0 Å². The first-order valence-electron chi connectivity index (χ1n) is 5.05. The van der Waals surface area contributed by atoms with Gasteiger partial charge in [-0.1, -0.05) is 13.8 Å². The maximum Gasteiger partial charge on any atom is 0.433 e. The van der Waals surface area contributed by atoms with Gasteiger partial charge < -0.3 is 4.42 Å². The van der Waals surface area contributed by atoms with Crippen molar-refractivity contribution in [2.45, 2.75) is 20.3 Å². The first-order chi connectivity index (χ1) is 7.99. The molecule has 1 aromatic rings. The Kier molecular flexibility index (Phi) is 4.38. The van der Waals surface area contributed by atoms with Crippen molar-refractivity contribution in [3.63, 3.8) is 0 Å². The lowest BCUT2D eigenvalue weighted by molar-refractivity contribution is -0.402. The van der Waals surface area contributed by atoms with Gasteiger partial charge in [0.1, 0.15) is 4.92 Å². The maximum absolute atomic E-state index is 11.2. The minimum atomic E-state index is -0.644. The van der Waals surface area contributed by atoms with Crippen molar-refractivity contribution in [3.8, 4) is 0 Å². The molecule has 0 radical (unpaired) electrons. The molecule has 0 saturated carbocycles. The molecule has 7 heteroatoms. The van der Waals surface area contributed by atoms with Gasteiger partial charge in [0.25, 0.3) is 0 Å². The minimum Gasteiger partial charge on any atom is -0.400 e. The monoisotopic (exact) mass is 239 g/mol. The summed E-state index contributed by atoms with van der Waals surface area (Å²) in [7, 11) is 0. The van der Waals surface area contributed by atoms with E-state index in [2.05, 4.69) is 10.5 Å². The van der Waals surface area contributed by atoms with Crippen LogP contribution in [0.1, 0.15) is 26.0 Å². The lowest BCUT2D eigenvalue weighted by Crippen LogP contribution is -2.18. The van der Waals surface area contributed by atoms with Gasteiger partial charge >= 0.3 is 5.88 Å². The Morgan fingerprint density at radius 1 is 1.65 bits per heavy atom. The van der Waals surface area contributed by atoms with E-state index in [-0.39, 0.29) is 23.5 Å². The van der Waals surface area contributed by atoms with Crippen LogP contribution in [0.15, 0.2) is 21.7 Å². The van der Waals surface area contributed by atoms with E-state index in [9.17, 15) is 14.9 Å². The molecule has 0 saturated heterocycles. The molecule has 1 amide bonds. The standard InChI is InChI=1S/C10H13N3O4/c1-7(2)5-9(14)12-11-6-8-3-4-10(17-8)13(15)16/h3-4,6-7H,5H2,1-2H3,(H,12,14). The molecular formula is C10H13N3O4. The van der Waals surface area contributed by atoms with Crippen molar-refractivity contribution < 1.29 is 14.1 Å². The molecule has 1 rings (SSSR count). The molecule has 0 fully saturated rings. The van der Waals surface area contributed by atoms with Gasteiger partial charge in [-0.2, -0.15) is 5.10 Å². The van der Waals surface area contributed by atoms with Crippen LogP contribution in [-0.4, -0.2) is 17.0 Å². The van der Waals surface area contributed by atoms with Crippen LogP contribution in [0.3, 0.4) is 0 Å². The van der Waals surface area contributed by atoms with E-state index in [1.807, 2.05) is 13.8 Å². The molecule has 1 heterocycles. The summed E-state index contributed by atoms with van der Waals surface area (Å²) in [5.74, 6) is -0.117. The van der Waals surface area contributed by atoms with Gasteiger partial charge in [0.15, 0.2) is 5.76 Å². The number of nitrogens with zero attached hydrogens (tertiary/aromatic N) is 2. The fraction of sp³-hybridized carbons (Fsp3) is 0.400. The first kappa shape index (κ1) is 12.9. The van der Waals surface area contributed by atoms with E-state index in [1.165, 1.54) is 18.3 Å². The molecule has 0 aliphatic heterocycles. The predicted molar refractivity (Wildman–Crippen MR) is 60.6 cm³/mol. The van der Waals surface area contributed by atoms with Crippen molar-refractivity contribution in [1.82, 2.24) is 5.43 Å². The minimum absolute atomic E-state index is 0.210. The molecule has 0 unspecified atom stereocenters. The normalized spacial score (nSPS) is 11.0. The summed E-state index contributed by atoms with van der Waals surface area (Å²) >= 11 is 0. The van der Waals surface area contributed by atoms with Crippen LogP contribution in [-0.2, 0) is 4.79 Å². The zero-order chi connectivity index (χ0) is 12.8. The number of furan rings is 1. The lowest BCUT2D eigenvalue weighted by atomic mass is 10.1. The zero-order valence-electron chi connectivity index (χ0n) is 9.54. The highest BCUT2D eigenvalue weighted by atomic mass is 16.6. The van der Waals surface area contributed by atoms with E-state index in [0.717, 1.165) is 0 Å². The average Bonchev–Trinajstić information content (AvgIpc) is 2.65. The van der Waals surface area contributed by atoms with E-state index in [0.29, 0.717) is 6.42 Å². The second-order valence-electron chi connectivity index (χ2n) is 3.82. The summed E-state index contributed by atoms with van der Waals surface area (Å²) in [5.41, 5.74) is 2.30. The topological polar surface area (TPSA) is 97.7 Å². The summed E-state index contributed by atoms with van der Waals surface area (Å²) in [5, 5.41) is 13.9. The van der Waals surface area contributed by atoms with Gasteiger partial charge in [-0.25, -0.2) is 5.43 Å². The number of rotatable bonds is 5. The number of nitrogens with one attached hydrogen (secondary N) is 1. The van der Waals surface area contributed by atoms with Gasteiger partial charge in [0.2, 0.25) is 5.91 Å². The van der Waals surface area contributed by atoms with Crippen LogP contribution >= 0.6 is 0 Å². The molecule has 0 aromatic carbocycles.